The van der Waals surface area contributed by atoms with Gasteiger partial charge in [-0.2, -0.15) is 0 Å². The van der Waals surface area contributed by atoms with E-state index in [4.69, 9.17) is 16.0 Å². The monoisotopic (exact) mass is 256 g/mol. The number of carbonyl (C=O) groups is 1. The number of hydrogen-bond donors (Lipinski definition) is 0. The van der Waals surface area contributed by atoms with Gasteiger partial charge in [-0.15, -0.1) is 0 Å². The van der Waals surface area contributed by atoms with Crippen LogP contribution in [-0.2, 0) is 0 Å². The van der Waals surface area contributed by atoms with Crippen molar-refractivity contribution in [3.8, 4) is 0 Å². The van der Waals surface area contributed by atoms with Crippen molar-refractivity contribution in [3.63, 3.8) is 0 Å². The van der Waals surface area contributed by atoms with Gasteiger partial charge >= 0.3 is 0 Å². The topological polar surface area (TPSA) is 30.2 Å². The second-order valence-corrected chi connectivity index (χ2v) is 4.42. The molecule has 0 saturated carbocycles. The zero-order valence-corrected chi connectivity index (χ0v) is 10.1. The van der Waals surface area contributed by atoms with Gasteiger partial charge in [0.25, 0.3) is 0 Å². The Kier molecular flexibility index (Phi) is 2.65. The fourth-order valence-electron chi connectivity index (χ4n) is 1.91. The van der Waals surface area contributed by atoms with Gasteiger partial charge in [0.15, 0.2) is 5.78 Å². The molecule has 1 heterocycles. The average molecular weight is 257 g/mol. The minimum Gasteiger partial charge on any atom is -0.464 e. The Morgan fingerprint density at radius 1 is 1.00 bits per heavy atom. The Labute approximate surface area is 109 Å². The van der Waals surface area contributed by atoms with Gasteiger partial charge in [-0.25, -0.2) is 0 Å². The van der Waals surface area contributed by atoms with Crippen LogP contribution in [-0.4, -0.2) is 5.78 Å². The summed E-state index contributed by atoms with van der Waals surface area (Å²) in [5.41, 5.74) is 1.90. The van der Waals surface area contributed by atoms with E-state index in [0.29, 0.717) is 16.1 Å². The van der Waals surface area contributed by atoms with Crippen molar-refractivity contribution in [3.05, 3.63) is 70.9 Å². The molecule has 0 saturated heterocycles. The lowest BCUT2D eigenvalue weighted by Crippen LogP contribution is -1.99. The molecule has 2 nitrogen and oxygen atoms in total. The summed E-state index contributed by atoms with van der Waals surface area (Å²) in [6.45, 7) is 0. The zero-order chi connectivity index (χ0) is 12.5. The zero-order valence-electron chi connectivity index (χ0n) is 9.39. The first kappa shape index (κ1) is 11.1. The van der Waals surface area contributed by atoms with Crippen LogP contribution < -0.4 is 0 Å². The number of fused-ring (bicyclic) bond motifs is 1. The summed E-state index contributed by atoms with van der Waals surface area (Å²) in [5.74, 6) is -0.0587. The Hall–Kier alpha value is -2.06. The van der Waals surface area contributed by atoms with E-state index >= 15 is 0 Å². The van der Waals surface area contributed by atoms with Gasteiger partial charge in [-0.1, -0.05) is 29.8 Å². The first-order valence-electron chi connectivity index (χ1n) is 5.52. The molecule has 0 atom stereocenters. The van der Waals surface area contributed by atoms with Crippen LogP contribution >= 0.6 is 11.6 Å². The van der Waals surface area contributed by atoms with Crippen molar-refractivity contribution >= 4 is 28.4 Å². The summed E-state index contributed by atoms with van der Waals surface area (Å²) in [7, 11) is 0. The summed E-state index contributed by atoms with van der Waals surface area (Å²) in [4.78, 5) is 12.3. The van der Waals surface area contributed by atoms with Crippen molar-refractivity contribution < 1.29 is 9.21 Å². The van der Waals surface area contributed by atoms with Crippen molar-refractivity contribution in [1.82, 2.24) is 0 Å². The molecule has 0 radical (unpaired) electrons. The van der Waals surface area contributed by atoms with Crippen LogP contribution in [0.15, 0.2) is 59.2 Å². The molecule has 3 aromatic rings. The quantitative estimate of drug-likeness (QED) is 0.639. The third-order valence-corrected chi connectivity index (χ3v) is 3.08. The van der Waals surface area contributed by atoms with E-state index in [2.05, 4.69) is 0 Å². The van der Waals surface area contributed by atoms with E-state index in [1.165, 1.54) is 6.26 Å². The molecule has 0 spiro atoms. The predicted octanol–water partition coefficient (Wildman–Crippen LogP) is 4.32. The number of benzene rings is 2. The lowest BCUT2D eigenvalue weighted by atomic mass is 10.0. The predicted molar refractivity (Wildman–Crippen MR) is 71.1 cm³/mol. The number of halogens is 1. The molecule has 88 valence electrons. The molecule has 3 heteroatoms. The Bertz CT molecular complexity index is 711. The smallest absolute Gasteiger partial charge is 0.196 e. The second kappa shape index (κ2) is 4.31. The van der Waals surface area contributed by atoms with Crippen molar-refractivity contribution in [2.24, 2.45) is 0 Å². The number of furan rings is 1. The van der Waals surface area contributed by atoms with E-state index in [-0.39, 0.29) is 5.78 Å². The maximum absolute atomic E-state index is 12.3. The first-order valence-corrected chi connectivity index (χ1v) is 5.90. The molecule has 1 aromatic heterocycles. The molecule has 0 aliphatic heterocycles. The number of ketones is 1. The maximum Gasteiger partial charge on any atom is 0.196 e. The van der Waals surface area contributed by atoms with Gasteiger partial charge in [0.05, 0.1) is 5.56 Å². The van der Waals surface area contributed by atoms with Crippen LogP contribution in [0.3, 0.4) is 0 Å². The Morgan fingerprint density at radius 2 is 1.72 bits per heavy atom. The molecule has 0 N–H and O–H groups in total. The van der Waals surface area contributed by atoms with E-state index in [1.54, 1.807) is 24.3 Å². The minimum atomic E-state index is -0.0587. The van der Waals surface area contributed by atoms with Crippen LogP contribution in [0.1, 0.15) is 15.9 Å². The third kappa shape index (κ3) is 1.81. The number of para-hydroxylation sites is 1. The fourth-order valence-corrected chi connectivity index (χ4v) is 2.04. The molecule has 0 amide bonds. The molecule has 0 bridgehead atoms. The summed E-state index contributed by atoms with van der Waals surface area (Å²) >= 11 is 5.81. The normalized spacial score (nSPS) is 10.7. The maximum atomic E-state index is 12.3. The van der Waals surface area contributed by atoms with Crippen molar-refractivity contribution in [2.75, 3.05) is 0 Å². The SMILES string of the molecule is O=C(c1ccc(Cl)cc1)c1coc2ccccc12. The van der Waals surface area contributed by atoms with Crippen LogP contribution in [0.4, 0.5) is 0 Å². The minimum absolute atomic E-state index is 0.0587. The van der Waals surface area contributed by atoms with Crippen molar-refractivity contribution in [2.45, 2.75) is 0 Å². The third-order valence-electron chi connectivity index (χ3n) is 2.83. The largest absolute Gasteiger partial charge is 0.464 e. The van der Waals surface area contributed by atoms with Crippen LogP contribution in [0, 0.1) is 0 Å². The molecule has 0 aliphatic carbocycles. The molecule has 3 rings (SSSR count). The highest BCUT2D eigenvalue weighted by Crippen LogP contribution is 2.23. The van der Waals surface area contributed by atoms with Gasteiger partial charge in [-0.05, 0) is 30.3 Å². The molecule has 2 aromatic carbocycles. The average Bonchev–Trinajstić information content (AvgIpc) is 2.82. The summed E-state index contributed by atoms with van der Waals surface area (Å²) < 4.78 is 5.37. The summed E-state index contributed by atoms with van der Waals surface area (Å²) in [6, 6.07) is 14.3. The van der Waals surface area contributed by atoms with Gasteiger partial charge in [-0.3, -0.25) is 4.79 Å². The molecular formula is C15H9ClO2. The Morgan fingerprint density at radius 3 is 2.50 bits per heavy atom. The fraction of sp³-hybridized carbons (Fsp3) is 0. The van der Waals surface area contributed by atoms with Gasteiger partial charge < -0.3 is 4.42 Å². The highest BCUT2D eigenvalue weighted by Gasteiger charge is 2.14. The van der Waals surface area contributed by atoms with Crippen LogP contribution in [0.2, 0.25) is 5.02 Å². The number of carbonyl (C=O) groups excluding carboxylic acids is 1. The van der Waals surface area contributed by atoms with Gasteiger partial charge in [0, 0.05) is 16.0 Å². The van der Waals surface area contributed by atoms with Gasteiger partial charge in [0.1, 0.15) is 11.8 Å². The Balaban J connectivity index is 2.09. The summed E-state index contributed by atoms with van der Waals surface area (Å²) in [6.07, 6.45) is 1.50. The number of rotatable bonds is 2. The standard InChI is InChI=1S/C15H9ClO2/c16-11-7-5-10(6-8-11)15(17)13-9-18-14-4-2-1-3-12(13)14/h1-9H. The lowest BCUT2D eigenvalue weighted by Gasteiger charge is -1.98. The molecular weight excluding hydrogens is 248 g/mol. The highest BCUT2D eigenvalue weighted by atomic mass is 35.5. The van der Waals surface area contributed by atoms with E-state index in [9.17, 15) is 4.79 Å². The number of hydrogen-bond acceptors (Lipinski definition) is 2. The highest BCUT2D eigenvalue weighted by molar-refractivity contribution is 6.30. The molecule has 0 fully saturated rings. The van der Waals surface area contributed by atoms with E-state index < -0.39 is 0 Å². The van der Waals surface area contributed by atoms with Crippen LogP contribution in [0.25, 0.3) is 11.0 Å². The van der Waals surface area contributed by atoms with Crippen molar-refractivity contribution in [1.29, 1.82) is 0 Å². The van der Waals surface area contributed by atoms with E-state index in [1.807, 2.05) is 24.3 Å². The van der Waals surface area contributed by atoms with Crippen LogP contribution in [0.5, 0.6) is 0 Å². The van der Waals surface area contributed by atoms with E-state index in [0.717, 1.165) is 11.0 Å². The first-order chi connectivity index (χ1) is 8.75. The second-order valence-electron chi connectivity index (χ2n) is 3.98. The molecule has 0 unspecified atom stereocenters. The summed E-state index contributed by atoms with van der Waals surface area (Å²) in [5, 5.41) is 1.45. The molecule has 0 aliphatic rings. The molecule has 18 heavy (non-hydrogen) atoms. The van der Waals surface area contributed by atoms with Gasteiger partial charge in [0.2, 0.25) is 0 Å². The lowest BCUT2D eigenvalue weighted by molar-refractivity contribution is 0.103.